The van der Waals surface area contributed by atoms with Gasteiger partial charge in [0, 0.05) is 0 Å². The number of carbonyl (C=O) groups is 1. The molecule has 12 heavy (non-hydrogen) atoms. The molecule has 0 aliphatic heterocycles. The fourth-order valence-electron chi connectivity index (χ4n) is 1.22. The van der Waals surface area contributed by atoms with Gasteiger partial charge in [-0.15, -0.1) is 0 Å². The van der Waals surface area contributed by atoms with E-state index in [1.807, 2.05) is 6.08 Å². The highest BCUT2D eigenvalue weighted by Crippen LogP contribution is 2.13. The molecule has 0 fully saturated rings. The second kappa shape index (κ2) is 4.93. The third-order valence-electron chi connectivity index (χ3n) is 1.86. The van der Waals surface area contributed by atoms with Crippen LogP contribution in [0.2, 0.25) is 0 Å². The Balaban J connectivity index is 2.09. The second-order valence-corrected chi connectivity index (χ2v) is 2.91. The molecule has 1 atom stereocenters. The van der Waals surface area contributed by atoms with Crippen LogP contribution >= 0.6 is 0 Å². The second-order valence-electron chi connectivity index (χ2n) is 2.91. The number of ether oxygens (including phenoxy) is 1. The summed E-state index contributed by atoms with van der Waals surface area (Å²) in [6.07, 6.45) is 7.66. The maximum absolute atomic E-state index is 10.1. The molecule has 1 N–H and O–H groups in total. The van der Waals surface area contributed by atoms with E-state index in [2.05, 4.69) is 6.08 Å². The van der Waals surface area contributed by atoms with E-state index in [0.717, 1.165) is 19.3 Å². The molecule has 1 unspecified atom stereocenters. The number of hydrogen-bond acceptors (Lipinski definition) is 2. The van der Waals surface area contributed by atoms with Crippen LogP contribution in [0, 0.1) is 0 Å². The van der Waals surface area contributed by atoms with Crippen LogP contribution in [0.4, 0.5) is 0 Å². The summed E-state index contributed by atoms with van der Waals surface area (Å²) in [7, 11) is 0. The SMILES string of the molecule is O=C(O)CCOC1C=CCCC1. The molecule has 0 amide bonds. The van der Waals surface area contributed by atoms with E-state index < -0.39 is 5.97 Å². The van der Waals surface area contributed by atoms with Crippen LogP contribution in [0.3, 0.4) is 0 Å². The number of allylic oxidation sites excluding steroid dienone is 1. The normalized spacial score (nSPS) is 22.5. The van der Waals surface area contributed by atoms with Crippen LogP contribution in [-0.4, -0.2) is 23.8 Å². The number of hydrogen-bond donors (Lipinski definition) is 1. The average molecular weight is 170 g/mol. The Bertz CT molecular complexity index is 175. The summed E-state index contributed by atoms with van der Waals surface area (Å²) in [5, 5.41) is 8.34. The van der Waals surface area contributed by atoms with Crippen LogP contribution in [-0.2, 0) is 9.53 Å². The van der Waals surface area contributed by atoms with Crippen LogP contribution in [0.5, 0.6) is 0 Å². The first-order valence-corrected chi connectivity index (χ1v) is 4.29. The van der Waals surface area contributed by atoms with Gasteiger partial charge in [0.25, 0.3) is 0 Å². The van der Waals surface area contributed by atoms with E-state index >= 15 is 0 Å². The molecule has 1 rings (SSSR count). The van der Waals surface area contributed by atoms with Gasteiger partial charge in [-0.2, -0.15) is 0 Å². The van der Waals surface area contributed by atoms with Gasteiger partial charge in [0.05, 0.1) is 19.1 Å². The van der Waals surface area contributed by atoms with Crippen LogP contribution < -0.4 is 0 Å². The number of carboxylic acids is 1. The number of aliphatic carboxylic acids is 1. The molecule has 1 aliphatic carbocycles. The molecular weight excluding hydrogens is 156 g/mol. The Morgan fingerprint density at radius 2 is 2.50 bits per heavy atom. The predicted octanol–water partition coefficient (Wildman–Crippen LogP) is 1.59. The summed E-state index contributed by atoms with van der Waals surface area (Å²) in [6.45, 7) is 0.324. The molecule has 68 valence electrons. The van der Waals surface area contributed by atoms with E-state index in [4.69, 9.17) is 9.84 Å². The topological polar surface area (TPSA) is 46.5 Å². The van der Waals surface area contributed by atoms with Crippen molar-refractivity contribution in [2.24, 2.45) is 0 Å². The van der Waals surface area contributed by atoms with E-state index in [1.54, 1.807) is 0 Å². The van der Waals surface area contributed by atoms with Gasteiger partial charge in [0.2, 0.25) is 0 Å². The highest BCUT2D eigenvalue weighted by atomic mass is 16.5. The molecule has 3 heteroatoms. The predicted molar refractivity (Wildman–Crippen MR) is 45.0 cm³/mol. The van der Waals surface area contributed by atoms with Crippen molar-refractivity contribution in [2.75, 3.05) is 6.61 Å². The van der Waals surface area contributed by atoms with Crippen molar-refractivity contribution in [3.8, 4) is 0 Å². The maximum Gasteiger partial charge on any atom is 0.305 e. The van der Waals surface area contributed by atoms with E-state index in [9.17, 15) is 4.79 Å². The molecule has 0 aromatic carbocycles. The van der Waals surface area contributed by atoms with Crippen molar-refractivity contribution < 1.29 is 14.6 Å². The zero-order valence-electron chi connectivity index (χ0n) is 7.03. The summed E-state index contributed by atoms with van der Waals surface area (Å²) in [5.41, 5.74) is 0. The van der Waals surface area contributed by atoms with E-state index in [-0.39, 0.29) is 12.5 Å². The molecule has 0 aromatic rings. The van der Waals surface area contributed by atoms with Gasteiger partial charge in [-0.1, -0.05) is 12.2 Å². The average Bonchev–Trinajstić information content (AvgIpc) is 2.05. The molecule has 0 heterocycles. The molecule has 1 aliphatic rings. The molecule has 0 radical (unpaired) electrons. The first-order valence-electron chi connectivity index (χ1n) is 4.29. The van der Waals surface area contributed by atoms with Gasteiger partial charge in [-0.3, -0.25) is 4.79 Å². The first kappa shape index (κ1) is 9.26. The Morgan fingerprint density at radius 1 is 1.67 bits per heavy atom. The minimum Gasteiger partial charge on any atom is -0.481 e. The summed E-state index contributed by atoms with van der Waals surface area (Å²) < 4.78 is 5.33. The fraction of sp³-hybridized carbons (Fsp3) is 0.667. The fourth-order valence-corrected chi connectivity index (χ4v) is 1.22. The lowest BCUT2D eigenvalue weighted by Gasteiger charge is -2.16. The monoisotopic (exact) mass is 170 g/mol. The van der Waals surface area contributed by atoms with Gasteiger partial charge in [-0.25, -0.2) is 0 Å². The zero-order valence-corrected chi connectivity index (χ0v) is 7.03. The van der Waals surface area contributed by atoms with Crippen molar-refractivity contribution in [2.45, 2.75) is 31.8 Å². The molecule has 0 spiro atoms. The van der Waals surface area contributed by atoms with Gasteiger partial charge in [-0.05, 0) is 19.3 Å². The van der Waals surface area contributed by atoms with Crippen molar-refractivity contribution in [3.05, 3.63) is 12.2 Å². The van der Waals surface area contributed by atoms with E-state index in [1.165, 1.54) is 0 Å². The van der Waals surface area contributed by atoms with Crippen molar-refractivity contribution in [1.29, 1.82) is 0 Å². The summed E-state index contributed by atoms with van der Waals surface area (Å²) in [5.74, 6) is -0.796. The van der Waals surface area contributed by atoms with Gasteiger partial charge >= 0.3 is 5.97 Å². The largest absolute Gasteiger partial charge is 0.481 e. The van der Waals surface area contributed by atoms with Crippen LogP contribution in [0.1, 0.15) is 25.7 Å². The molecular formula is C9H14O3. The summed E-state index contributed by atoms with van der Waals surface area (Å²) in [6, 6.07) is 0. The minimum atomic E-state index is -0.796. The van der Waals surface area contributed by atoms with Crippen molar-refractivity contribution in [1.82, 2.24) is 0 Å². The summed E-state index contributed by atoms with van der Waals surface area (Å²) >= 11 is 0. The molecule has 0 saturated heterocycles. The molecule has 3 nitrogen and oxygen atoms in total. The highest BCUT2D eigenvalue weighted by Gasteiger charge is 2.08. The number of carboxylic acid groups (broad SMARTS) is 1. The molecule has 0 saturated carbocycles. The van der Waals surface area contributed by atoms with Gasteiger partial charge < -0.3 is 9.84 Å². The Morgan fingerprint density at radius 3 is 3.08 bits per heavy atom. The lowest BCUT2D eigenvalue weighted by Crippen LogP contribution is -2.14. The number of rotatable bonds is 4. The third kappa shape index (κ3) is 3.53. The van der Waals surface area contributed by atoms with Crippen molar-refractivity contribution in [3.63, 3.8) is 0 Å². The molecule has 0 bridgehead atoms. The Hall–Kier alpha value is -0.830. The highest BCUT2D eigenvalue weighted by molar-refractivity contribution is 5.66. The van der Waals surface area contributed by atoms with Crippen LogP contribution in [0.25, 0.3) is 0 Å². The van der Waals surface area contributed by atoms with Gasteiger partial charge in [0.15, 0.2) is 0 Å². The zero-order chi connectivity index (χ0) is 8.81. The van der Waals surface area contributed by atoms with Gasteiger partial charge in [0.1, 0.15) is 0 Å². The van der Waals surface area contributed by atoms with E-state index in [0.29, 0.717) is 6.61 Å². The first-order chi connectivity index (χ1) is 5.79. The Kier molecular flexibility index (Phi) is 3.80. The smallest absolute Gasteiger partial charge is 0.305 e. The molecule has 0 aromatic heterocycles. The van der Waals surface area contributed by atoms with Crippen molar-refractivity contribution >= 4 is 5.97 Å². The third-order valence-corrected chi connectivity index (χ3v) is 1.86. The maximum atomic E-state index is 10.1. The quantitative estimate of drug-likeness (QED) is 0.651. The Labute approximate surface area is 72.0 Å². The lowest BCUT2D eigenvalue weighted by atomic mass is 10.1. The van der Waals surface area contributed by atoms with Crippen LogP contribution in [0.15, 0.2) is 12.2 Å². The standard InChI is InChI=1S/C9H14O3/c10-9(11)6-7-12-8-4-2-1-3-5-8/h2,4,8H,1,3,5-7H2,(H,10,11). The summed E-state index contributed by atoms with van der Waals surface area (Å²) in [4.78, 5) is 10.1. The lowest BCUT2D eigenvalue weighted by molar-refractivity contribution is -0.138. The minimum absolute atomic E-state index is 0.102.